The van der Waals surface area contributed by atoms with E-state index >= 15 is 0 Å². The van der Waals surface area contributed by atoms with Crippen LogP contribution >= 0.6 is 11.6 Å². The maximum atomic E-state index is 13.0. The molecule has 7 heteroatoms. The van der Waals surface area contributed by atoms with Crippen LogP contribution in [0.5, 0.6) is 0 Å². The number of carbonyl (C=O) groups excluding carboxylic acids is 2. The summed E-state index contributed by atoms with van der Waals surface area (Å²) < 4.78 is 17.8. The van der Waals surface area contributed by atoms with Crippen molar-refractivity contribution in [2.24, 2.45) is 0 Å². The highest BCUT2D eigenvalue weighted by molar-refractivity contribution is 6.33. The van der Waals surface area contributed by atoms with Crippen molar-refractivity contribution >= 4 is 29.2 Å². The van der Waals surface area contributed by atoms with Crippen molar-refractivity contribution in [1.82, 2.24) is 4.90 Å². The maximum absolute atomic E-state index is 13.0. The van der Waals surface area contributed by atoms with Gasteiger partial charge in [0.25, 0.3) is 5.91 Å². The van der Waals surface area contributed by atoms with Crippen LogP contribution in [0.2, 0.25) is 5.02 Å². The number of nitrogens with zero attached hydrogens (tertiary/aromatic N) is 2. The average Bonchev–Trinajstić information content (AvgIpc) is 2.68. The summed E-state index contributed by atoms with van der Waals surface area (Å²) >= 11 is 6.28. The molecule has 2 aromatic rings. The zero-order chi connectivity index (χ0) is 18.7. The number of halogens is 2. The van der Waals surface area contributed by atoms with E-state index in [-0.39, 0.29) is 11.7 Å². The van der Waals surface area contributed by atoms with Crippen LogP contribution in [0.1, 0.15) is 20.7 Å². The second kappa shape index (κ2) is 7.74. The third kappa shape index (κ3) is 3.80. The number of hydrogen-bond acceptors (Lipinski definition) is 4. The van der Waals surface area contributed by atoms with Crippen molar-refractivity contribution in [2.75, 3.05) is 38.2 Å². The number of piperazine rings is 1. The fourth-order valence-electron chi connectivity index (χ4n) is 2.93. The molecule has 1 fully saturated rings. The fraction of sp³-hybridized carbons (Fsp3) is 0.263. The van der Waals surface area contributed by atoms with Gasteiger partial charge in [-0.25, -0.2) is 9.18 Å². The Hall–Kier alpha value is -2.60. The first-order valence-corrected chi connectivity index (χ1v) is 8.55. The van der Waals surface area contributed by atoms with Crippen LogP contribution in [-0.4, -0.2) is 50.1 Å². The number of anilines is 1. The molecule has 3 rings (SSSR count). The molecule has 0 atom stereocenters. The maximum Gasteiger partial charge on any atom is 0.337 e. The van der Waals surface area contributed by atoms with Gasteiger partial charge in [-0.05, 0) is 42.5 Å². The standard InChI is InChI=1S/C19H18ClFN2O3/c1-26-19(25)14-4-7-16(20)17(12-14)22-8-10-23(11-9-22)18(24)13-2-5-15(21)6-3-13/h2-7,12H,8-11H2,1H3. The highest BCUT2D eigenvalue weighted by Crippen LogP contribution is 2.28. The number of rotatable bonds is 3. The number of ether oxygens (including phenoxy) is 1. The third-order valence-electron chi connectivity index (χ3n) is 4.37. The SMILES string of the molecule is COC(=O)c1ccc(Cl)c(N2CCN(C(=O)c3ccc(F)cc3)CC2)c1. The third-order valence-corrected chi connectivity index (χ3v) is 4.69. The van der Waals surface area contributed by atoms with E-state index in [2.05, 4.69) is 0 Å². The van der Waals surface area contributed by atoms with Gasteiger partial charge in [-0.15, -0.1) is 0 Å². The molecule has 136 valence electrons. The summed E-state index contributed by atoms with van der Waals surface area (Å²) in [4.78, 5) is 28.0. The molecule has 0 aliphatic carbocycles. The number of hydrogen-bond donors (Lipinski definition) is 0. The molecule has 0 radical (unpaired) electrons. The predicted molar refractivity (Wildman–Crippen MR) is 97.3 cm³/mol. The fourth-order valence-corrected chi connectivity index (χ4v) is 3.16. The Balaban J connectivity index is 1.69. The minimum atomic E-state index is -0.423. The molecular weight excluding hydrogens is 359 g/mol. The normalized spacial score (nSPS) is 14.3. The highest BCUT2D eigenvalue weighted by Gasteiger charge is 2.24. The van der Waals surface area contributed by atoms with Gasteiger partial charge in [-0.3, -0.25) is 4.79 Å². The van der Waals surface area contributed by atoms with Gasteiger partial charge in [-0.1, -0.05) is 11.6 Å². The van der Waals surface area contributed by atoms with Crippen LogP contribution in [0, 0.1) is 5.82 Å². The Morgan fingerprint density at radius 3 is 2.23 bits per heavy atom. The van der Waals surface area contributed by atoms with E-state index in [1.807, 2.05) is 4.90 Å². The molecule has 1 aliphatic heterocycles. The minimum absolute atomic E-state index is 0.126. The zero-order valence-electron chi connectivity index (χ0n) is 14.2. The van der Waals surface area contributed by atoms with Crippen molar-refractivity contribution in [3.8, 4) is 0 Å². The van der Waals surface area contributed by atoms with E-state index in [4.69, 9.17) is 16.3 Å². The number of esters is 1. The van der Waals surface area contributed by atoms with Gasteiger partial charge in [0.1, 0.15) is 5.82 Å². The summed E-state index contributed by atoms with van der Waals surface area (Å²) in [7, 11) is 1.33. The van der Waals surface area contributed by atoms with E-state index < -0.39 is 5.97 Å². The molecule has 0 unspecified atom stereocenters. The second-order valence-electron chi connectivity index (χ2n) is 5.94. The lowest BCUT2D eigenvalue weighted by Gasteiger charge is -2.36. The largest absolute Gasteiger partial charge is 0.465 e. The van der Waals surface area contributed by atoms with Crippen molar-refractivity contribution in [3.63, 3.8) is 0 Å². The van der Waals surface area contributed by atoms with Crippen LogP contribution in [0.15, 0.2) is 42.5 Å². The molecule has 0 aromatic heterocycles. The van der Waals surface area contributed by atoms with Crippen LogP contribution in [0.4, 0.5) is 10.1 Å². The highest BCUT2D eigenvalue weighted by atomic mass is 35.5. The second-order valence-corrected chi connectivity index (χ2v) is 6.35. The Labute approximate surface area is 155 Å². The summed E-state index contributed by atoms with van der Waals surface area (Å²) in [6, 6.07) is 10.5. The van der Waals surface area contributed by atoms with Gasteiger partial charge in [0.05, 0.1) is 23.4 Å². The number of amides is 1. The molecule has 2 aromatic carbocycles. The van der Waals surface area contributed by atoms with E-state index in [1.165, 1.54) is 31.4 Å². The smallest absolute Gasteiger partial charge is 0.337 e. The lowest BCUT2D eigenvalue weighted by Crippen LogP contribution is -2.48. The van der Waals surface area contributed by atoms with Gasteiger partial charge in [0.2, 0.25) is 0 Å². The van der Waals surface area contributed by atoms with Crippen LogP contribution in [0.25, 0.3) is 0 Å². The van der Waals surface area contributed by atoms with E-state index in [9.17, 15) is 14.0 Å². The van der Waals surface area contributed by atoms with Gasteiger partial charge in [0.15, 0.2) is 0 Å². The topological polar surface area (TPSA) is 49.9 Å². The van der Waals surface area contributed by atoms with Crippen molar-refractivity contribution in [3.05, 3.63) is 64.4 Å². The zero-order valence-corrected chi connectivity index (χ0v) is 15.0. The van der Waals surface area contributed by atoms with Gasteiger partial charge in [-0.2, -0.15) is 0 Å². The molecule has 0 N–H and O–H groups in total. The first-order valence-electron chi connectivity index (χ1n) is 8.17. The van der Waals surface area contributed by atoms with E-state index in [0.717, 1.165) is 5.69 Å². The Kier molecular flexibility index (Phi) is 5.42. The molecule has 0 bridgehead atoms. The Morgan fingerprint density at radius 2 is 1.62 bits per heavy atom. The van der Waals surface area contributed by atoms with Crippen molar-refractivity contribution in [1.29, 1.82) is 0 Å². The summed E-state index contributed by atoms with van der Waals surface area (Å²) in [5.41, 5.74) is 1.63. The summed E-state index contributed by atoms with van der Waals surface area (Å²) in [5.74, 6) is -0.918. The van der Waals surface area contributed by atoms with Crippen LogP contribution in [-0.2, 0) is 4.74 Å². The summed E-state index contributed by atoms with van der Waals surface area (Å²) in [6.07, 6.45) is 0. The first kappa shape index (κ1) is 18.2. The Morgan fingerprint density at radius 1 is 1.00 bits per heavy atom. The van der Waals surface area contributed by atoms with Crippen LogP contribution in [0.3, 0.4) is 0 Å². The number of carbonyl (C=O) groups is 2. The molecule has 1 heterocycles. The quantitative estimate of drug-likeness (QED) is 0.772. The predicted octanol–water partition coefficient (Wildman–Crippen LogP) is 3.23. The molecular formula is C19H18ClFN2O3. The van der Waals surface area contributed by atoms with E-state index in [1.54, 1.807) is 23.1 Å². The number of benzene rings is 2. The first-order chi connectivity index (χ1) is 12.5. The van der Waals surface area contributed by atoms with Crippen molar-refractivity contribution in [2.45, 2.75) is 0 Å². The molecule has 0 saturated carbocycles. The minimum Gasteiger partial charge on any atom is -0.465 e. The molecule has 1 saturated heterocycles. The molecule has 26 heavy (non-hydrogen) atoms. The van der Waals surface area contributed by atoms with Gasteiger partial charge in [0, 0.05) is 31.7 Å². The molecule has 5 nitrogen and oxygen atoms in total. The molecule has 0 spiro atoms. The van der Waals surface area contributed by atoms with Crippen LogP contribution < -0.4 is 4.90 Å². The number of methoxy groups -OCH3 is 1. The summed E-state index contributed by atoms with van der Waals surface area (Å²) in [5, 5.41) is 0.538. The van der Waals surface area contributed by atoms with Crippen molar-refractivity contribution < 1.29 is 18.7 Å². The van der Waals surface area contributed by atoms with Gasteiger partial charge >= 0.3 is 5.97 Å². The lowest BCUT2D eigenvalue weighted by atomic mass is 10.1. The van der Waals surface area contributed by atoms with Gasteiger partial charge < -0.3 is 14.5 Å². The molecule has 1 amide bonds. The van der Waals surface area contributed by atoms with E-state index in [0.29, 0.717) is 42.3 Å². The monoisotopic (exact) mass is 376 g/mol. The Bertz CT molecular complexity index is 818. The summed E-state index contributed by atoms with van der Waals surface area (Å²) in [6.45, 7) is 2.18. The average molecular weight is 377 g/mol. The molecule has 1 aliphatic rings. The lowest BCUT2D eigenvalue weighted by molar-refractivity contribution is 0.0600.